The van der Waals surface area contributed by atoms with E-state index in [9.17, 15) is 14.4 Å². The van der Waals surface area contributed by atoms with Crippen LogP contribution in [0.2, 0.25) is 0 Å². The zero-order chi connectivity index (χ0) is 36.0. The first kappa shape index (κ1) is 39.8. The average molecular weight is 682 g/mol. The molecule has 0 saturated heterocycles. The van der Waals surface area contributed by atoms with Gasteiger partial charge in [0.25, 0.3) is 0 Å². The highest BCUT2D eigenvalue weighted by Gasteiger charge is 2.13. The third kappa shape index (κ3) is 14.9. The van der Waals surface area contributed by atoms with Gasteiger partial charge in [-0.15, -0.1) is 13.2 Å². The van der Waals surface area contributed by atoms with Gasteiger partial charge in [-0.3, -0.25) is 4.79 Å². The molecule has 3 aromatic rings. The molecule has 0 spiro atoms. The molecule has 7 nitrogen and oxygen atoms in total. The van der Waals surface area contributed by atoms with Crippen molar-refractivity contribution < 1.29 is 33.3 Å². The number of rotatable bonds is 24. The smallest absolute Gasteiger partial charge is 0.343 e. The van der Waals surface area contributed by atoms with Crippen LogP contribution in [0.4, 0.5) is 0 Å². The van der Waals surface area contributed by atoms with E-state index in [2.05, 4.69) is 13.2 Å². The number of carbonyl (C=O) groups is 3. The van der Waals surface area contributed by atoms with Gasteiger partial charge in [-0.05, 0) is 78.9 Å². The minimum atomic E-state index is -0.441. The van der Waals surface area contributed by atoms with E-state index in [-0.39, 0.29) is 18.0 Å². The number of hydrogen-bond acceptors (Lipinski definition) is 7. The third-order valence-corrected chi connectivity index (χ3v) is 8.36. The standard InChI is InChI=1S/C43H53O7/c1-5-16-39(17-6-2)49-41(44)18-14-12-10-8-9-11-13-15-31-47-38-27-25-37(26-28-38)43(46)50-40-29-23-35(24-30-40)34-19-21-36(22-20-34)42(45)48-32-33(4)7-3/h5-6,19-30,39H,1-2,7-18,31-32H2,3-4H3. The summed E-state index contributed by atoms with van der Waals surface area (Å²) in [5, 5.41) is 0. The molecule has 0 aliphatic rings. The van der Waals surface area contributed by atoms with Crippen LogP contribution in [0, 0.1) is 5.92 Å². The monoisotopic (exact) mass is 681 g/mol. The Kier molecular flexibility index (Phi) is 18.2. The summed E-state index contributed by atoms with van der Waals surface area (Å²) in [6.45, 7) is 12.4. The van der Waals surface area contributed by atoms with E-state index in [1.54, 1.807) is 60.7 Å². The van der Waals surface area contributed by atoms with Crippen molar-refractivity contribution in [2.75, 3.05) is 13.2 Å². The number of esters is 3. The van der Waals surface area contributed by atoms with Crippen molar-refractivity contribution in [3.8, 4) is 22.6 Å². The van der Waals surface area contributed by atoms with Gasteiger partial charge in [0.05, 0.1) is 24.3 Å². The van der Waals surface area contributed by atoms with Gasteiger partial charge in [0, 0.05) is 25.2 Å². The molecule has 0 N–H and O–H groups in total. The van der Waals surface area contributed by atoms with Gasteiger partial charge in [0.1, 0.15) is 17.6 Å². The molecule has 50 heavy (non-hydrogen) atoms. The van der Waals surface area contributed by atoms with Crippen LogP contribution < -0.4 is 9.47 Å². The second-order valence-electron chi connectivity index (χ2n) is 12.5. The molecule has 0 heterocycles. The molecule has 0 aromatic heterocycles. The number of carbonyl (C=O) groups excluding carboxylic acids is 3. The average Bonchev–Trinajstić information content (AvgIpc) is 3.13. The van der Waals surface area contributed by atoms with Crippen LogP contribution in [0.25, 0.3) is 11.1 Å². The van der Waals surface area contributed by atoms with Crippen molar-refractivity contribution in [2.24, 2.45) is 0 Å². The Labute approximate surface area is 298 Å². The molecule has 0 bridgehead atoms. The fourth-order valence-electron chi connectivity index (χ4n) is 5.17. The second-order valence-corrected chi connectivity index (χ2v) is 12.5. The number of unbranched alkanes of at least 4 members (excludes halogenated alkanes) is 7. The van der Waals surface area contributed by atoms with Crippen molar-refractivity contribution in [1.29, 1.82) is 0 Å². The molecule has 3 rings (SSSR count). The normalized spacial score (nSPS) is 10.9. The van der Waals surface area contributed by atoms with Crippen LogP contribution >= 0.6 is 0 Å². The molecular weight excluding hydrogens is 628 g/mol. The van der Waals surface area contributed by atoms with E-state index < -0.39 is 5.97 Å². The minimum Gasteiger partial charge on any atom is -0.494 e. The number of hydrogen-bond donors (Lipinski definition) is 0. The van der Waals surface area contributed by atoms with Crippen LogP contribution in [-0.4, -0.2) is 37.2 Å². The topological polar surface area (TPSA) is 88.1 Å². The Hall–Kier alpha value is -4.65. The van der Waals surface area contributed by atoms with E-state index in [0.717, 1.165) is 67.7 Å². The Balaban J connectivity index is 1.27. The van der Waals surface area contributed by atoms with Crippen LogP contribution in [0.15, 0.2) is 98.1 Å². The molecule has 3 aromatic carbocycles. The van der Waals surface area contributed by atoms with E-state index in [1.165, 1.54) is 12.8 Å². The lowest BCUT2D eigenvalue weighted by atomic mass is 10.0. The van der Waals surface area contributed by atoms with Gasteiger partial charge in [-0.1, -0.05) is 88.8 Å². The van der Waals surface area contributed by atoms with E-state index in [1.807, 2.05) is 38.1 Å². The van der Waals surface area contributed by atoms with Gasteiger partial charge < -0.3 is 18.9 Å². The summed E-state index contributed by atoms with van der Waals surface area (Å²) >= 11 is 0. The summed E-state index contributed by atoms with van der Waals surface area (Å²) in [6.07, 6.45) is 14.6. The van der Waals surface area contributed by atoms with Gasteiger partial charge in [0.15, 0.2) is 0 Å². The maximum atomic E-state index is 12.7. The highest BCUT2D eigenvalue weighted by molar-refractivity contribution is 5.91. The Morgan fingerprint density at radius 1 is 0.660 bits per heavy atom. The van der Waals surface area contributed by atoms with Crippen molar-refractivity contribution in [3.63, 3.8) is 0 Å². The zero-order valence-corrected chi connectivity index (χ0v) is 29.8. The molecule has 0 saturated carbocycles. The number of benzene rings is 3. The van der Waals surface area contributed by atoms with Gasteiger partial charge in [-0.2, -0.15) is 0 Å². The Morgan fingerprint density at radius 3 is 1.74 bits per heavy atom. The van der Waals surface area contributed by atoms with Crippen LogP contribution in [-0.2, 0) is 14.3 Å². The van der Waals surface area contributed by atoms with Gasteiger partial charge in [-0.25, -0.2) is 9.59 Å². The fourth-order valence-corrected chi connectivity index (χ4v) is 5.17. The lowest BCUT2D eigenvalue weighted by Gasteiger charge is -2.14. The summed E-state index contributed by atoms with van der Waals surface area (Å²) in [5.74, 6) is 1.37. The quantitative estimate of drug-likeness (QED) is 0.0402. The van der Waals surface area contributed by atoms with E-state index in [4.69, 9.17) is 18.9 Å². The number of ether oxygens (including phenoxy) is 4. The Morgan fingerprint density at radius 2 is 1.16 bits per heavy atom. The van der Waals surface area contributed by atoms with Crippen molar-refractivity contribution in [3.05, 3.63) is 115 Å². The molecule has 0 atom stereocenters. The second kappa shape index (κ2) is 22.9. The SMILES string of the molecule is C=CCC(CC=C)OC(=O)CCCCCCCCCCOc1ccc(C(=O)Oc2ccc(-c3ccc(C(=O)OC[C](C)CC)cc3)cc2)cc1. The summed E-state index contributed by atoms with van der Waals surface area (Å²) in [4.78, 5) is 37.0. The summed E-state index contributed by atoms with van der Waals surface area (Å²) in [6, 6.07) is 21.5. The summed E-state index contributed by atoms with van der Waals surface area (Å²) in [7, 11) is 0. The highest BCUT2D eigenvalue weighted by Crippen LogP contribution is 2.24. The largest absolute Gasteiger partial charge is 0.494 e. The third-order valence-electron chi connectivity index (χ3n) is 8.36. The fraction of sp³-hybridized carbons (Fsp3) is 0.395. The lowest BCUT2D eigenvalue weighted by Crippen LogP contribution is -2.16. The first-order valence-corrected chi connectivity index (χ1v) is 17.9. The predicted molar refractivity (Wildman–Crippen MR) is 199 cm³/mol. The maximum Gasteiger partial charge on any atom is 0.343 e. The molecule has 7 heteroatoms. The van der Waals surface area contributed by atoms with Crippen LogP contribution in [0.3, 0.4) is 0 Å². The minimum absolute atomic E-state index is 0.131. The molecule has 0 amide bonds. The molecule has 0 aliphatic carbocycles. The molecule has 0 fully saturated rings. The lowest BCUT2D eigenvalue weighted by molar-refractivity contribution is -0.148. The highest BCUT2D eigenvalue weighted by atomic mass is 16.5. The van der Waals surface area contributed by atoms with Gasteiger partial charge in [0.2, 0.25) is 0 Å². The van der Waals surface area contributed by atoms with Crippen LogP contribution in [0.5, 0.6) is 11.5 Å². The van der Waals surface area contributed by atoms with Gasteiger partial charge >= 0.3 is 17.9 Å². The van der Waals surface area contributed by atoms with E-state index in [0.29, 0.717) is 49.4 Å². The summed E-state index contributed by atoms with van der Waals surface area (Å²) in [5.41, 5.74) is 2.82. The zero-order valence-electron chi connectivity index (χ0n) is 29.8. The Bertz CT molecular complexity index is 1450. The molecule has 1 radical (unpaired) electrons. The first-order chi connectivity index (χ1) is 24.3. The predicted octanol–water partition coefficient (Wildman–Crippen LogP) is 10.7. The van der Waals surface area contributed by atoms with Crippen LogP contribution in [0.1, 0.15) is 112 Å². The van der Waals surface area contributed by atoms with Crippen molar-refractivity contribution >= 4 is 17.9 Å². The van der Waals surface area contributed by atoms with E-state index >= 15 is 0 Å². The maximum absolute atomic E-state index is 12.7. The molecule has 0 unspecified atom stereocenters. The van der Waals surface area contributed by atoms with Crippen molar-refractivity contribution in [1.82, 2.24) is 0 Å². The summed E-state index contributed by atoms with van der Waals surface area (Å²) < 4.78 is 22.3. The first-order valence-electron chi connectivity index (χ1n) is 17.9. The molecular formula is C43H53O7. The molecule has 0 aliphatic heterocycles. The van der Waals surface area contributed by atoms with Crippen molar-refractivity contribution in [2.45, 2.75) is 97.0 Å². The molecule has 267 valence electrons.